The topological polar surface area (TPSA) is 58.2 Å². The normalized spacial score (nSPS) is 20.1. The Kier molecular flexibility index (Phi) is 4.58. The Bertz CT molecular complexity index is 470. The largest absolute Gasteiger partial charge is 0.477 e. The molecule has 0 aliphatic carbocycles. The van der Waals surface area contributed by atoms with Crippen LogP contribution in [0.5, 0.6) is 5.88 Å². The van der Waals surface area contributed by atoms with Crippen molar-refractivity contribution in [3.8, 4) is 5.88 Å². The molecule has 1 atom stereocenters. The van der Waals surface area contributed by atoms with Crippen LogP contribution in [0.15, 0.2) is 10.9 Å². The Hall–Kier alpha value is -1.36. The van der Waals surface area contributed by atoms with Crippen LogP contribution in [0.4, 0.5) is 0 Å². The SMILES string of the molecule is CC(C)c1nc(OCCC2CCCN2C)cc(=O)[nH]1. The fraction of sp³-hybridized carbons (Fsp3) is 0.714. The maximum Gasteiger partial charge on any atom is 0.254 e. The van der Waals surface area contributed by atoms with Crippen LogP contribution in [0.1, 0.15) is 44.9 Å². The number of nitrogens with one attached hydrogen (secondary N) is 1. The van der Waals surface area contributed by atoms with Gasteiger partial charge in [-0.05, 0) is 32.9 Å². The van der Waals surface area contributed by atoms with E-state index in [0.717, 1.165) is 6.42 Å². The van der Waals surface area contributed by atoms with Crippen molar-refractivity contribution in [3.05, 3.63) is 22.2 Å². The van der Waals surface area contributed by atoms with Crippen molar-refractivity contribution in [1.82, 2.24) is 14.9 Å². The molecule has 106 valence electrons. The molecule has 1 saturated heterocycles. The smallest absolute Gasteiger partial charge is 0.254 e. The van der Waals surface area contributed by atoms with Crippen LogP contribution in [0.2, 0.25) is 0 Å². The molecule has 0 bridgehead atoms. The zero-order chi connectivity index (χ0) is 13.8. The number of hydrogen-bond donors (Lipinski definition) is 1. The van der Waals surface area contributed by atoms with Gasteiger partial charge >= 0.3 is 0 Å². The zero-order valence-electron chi connectivity index (χ0n) is 12.0. The van der Waals surface area contributed by atoms with Gasteiger partial charge in [-0.25, -0.2) is 0 Å². The predicted octanol–water partition coefficient (Wildman–Crippen LogP) is 1.76. The molecular formula is C14H23N3O2. The highest BCUT2D eigenvalue weighted by atomic mass is 16.5. The van der Waals surface area contributed by atoms with Crippen LogP contribution in [0.3, 0.4) is 0 Å². The van der Waals surface area contributed by atoms with E-state index in [4.69, 9.17) is 4.74 Å². The Balaban J connectivity index is 1.90. The maximum atomic E-state index is 11.5. The first-order valence-electron chi connectivity index (χ1n) is 7.00. The molecule has 19 heavy (non-hydrogen) atoms. The molecule has 1 aliphatic heterocycles. The van der Waals surface area contributed by atoms with Crippen molar-refractivity contribution < 1.29 is 4.74 Å². The van der Waals surface area contributed by atoms with Crippen LogP contribution >= 0.6 is 0 Å². The van der Waals surface area contributed by atoms with Gasteiger partial charge in [0.2, 0.25) is 5.88 Å². The van der Waals surface area contributed by atoms with Gasteiger partial charge in [0.05, 0.1) is 12.7 Å². The monoisotopic (exact) mass is 265 g/mol. The second-order valence-electron chi connectivity index (χ2n) is 5.54. The summed E-state index contributed by atoms with van der Waals surface area (Å²) < 4.78 is 5.63. The second-order valence-corrected chi connectivity index (χ2v) is 5.54. The lowest BCUT2D eigenvalue weighted by molar-refractivity contribution is 0.227. The summed E-state index contributed by atoms with van der Waals surface area (Å²) in [6.45, 7) is 5.78. The Morgan fingerprint density at radius 2 is 2.37 bits per heavy atom. The van der Waals surface area contributed by atoms with Crippen LogP contribution in [-0.4, -0.2) is 41.1 Å². The summed E-state index contributed by atoms with van der Waals surface area (Å²) in [5.41, 5.74) is -0.147. The second kappa shape index (κ2) is 6.19. The summed E-state index contributed by atoms with van der Waals surface area (Å²) in [6.07, 6.45) is 3.49. The number of ether oxygens (including phenoxy) is 1. The number of H-pyrrole nitrogens is 1. The molecule has 1 fully saturated rings. The highest BCUT2D eigenvalue weighted by molar-refractivity contribution is 5.10. The van der Waals surface area contributed by atoms with E-state index in [1.807, 2.05) is 13.8 Å². The molecule has 0 radical (unpaired) electrons. The van der Waals surface area contributed by atoms with E-state index in [1.54, 1.807) is 0 Å². The van der Waals surface area contributed by atoms with Crippen molar-refractivity contribution >= 4 is 0 Å². The number of hydrogen-bond acceptors (Lipinski definition) is 4. The fourth-order valence-electron chi connectivity index (χ4n) is 2.44. The first-order valence-corrected chi connectivity index (χ1v) is 7.00. The van der Waals surface area contributed by atoms with Crippen LogP contribution < -0.4 is 10.3 Å². The molecule has 2 heterocycles. The van der Waals surface area contributed by atoms with Crippen LogP contribution in [-0.2, 0) is 0 Å². The third kappa shape index (κ3) is 3.80. The van der Waals surface area contributed by atoms with Crippen LogP contribution in [0.25, 0.3) is 0 Å². The summed E-state index contributed by atoms with van der Waals surface area (Å²) >= 11 is 0. The molecule has 0 saturated carbocycles. The maximum absolute atomic E-state index is 11.5. The van der Waals surface area contributed by atoms with E-state index in [-0.39, 0.29) is 11.5 Å². The predicted molar refractivity (Wildman–Crippen MR) is 74.7 cm³/mol. The number of aromatic amines is 1. The molecule has 0 aromatic carbocycles. The van der Waals surface area contributed by atoms with Crippen LogP contribution in [0, 0.1) is 0 Å². The summed E-state index contributed by atoms with van der Waals surface area (Å²) in [7, 11) is 2.15. The molecule has 5 nitrogen and oxygen atoms in total. The van der Waals surface area contributed by atoms with Gasteiger partial charge in [0.15, 0.2) is 0 Å². The Morgan fingerprint density at radius 1 is 1.58 bits per heavy atom. The Labute approximate surface area is 114 Å². The quantitative estimate of drug-likeness (QED) is 0.881. The van der Waals surface area contributed by atoms with Crippen molar-refractivity contribution in [3.63, 3.8) is 0 Å². The fourth-order valence-corrected chi connectivity index (χ4v) is 2.44. The average molecular weight is 265 g/mol. The summed E-state index contributed by atoms with van der Waals surface area (Å²) in [4.78, 5) is 20.9. The first-order chi connectivity index (χ1) is 9.06. The minimum absolute atomic E-state index is 0.147. The van der Waals surface area contributed by atoms with Gasteiger partial charge in [-0.3, -0.25) is 4.79 Å². The van der Waals surface area contributed by atoms with Crippen molar-refractivity contribution in [2.45, 2.75) is 45.1 Å². The Morgan fingerprint density at radius 3 is 3.00 bits per heavy atom. The summed E-state index contributed by atoms with van der Waals surface area (Å²) in [6, 6.07) is 2.02. The van der Waals surface area contributed by atoms with E-state index in [9.17, 15) is 4.79 Å². The van der Waals surface area contributed by atoms with Gasteiger partial charge in [-0.1, -0.05) is 13.8 Å². The number of aromatic nitrogens is 2. The van der Waals surface area contributed by atoms with Crippen molar-refractivity contribution in [2.75, 3.05) is 20.2 Å². The van der Waals surface area contributed by atoms with Crippen molar-refractivity contribution in [2.24, 2.45) is 0 Å². The minimum atomic E-state index is -0.147. The summed E-state index contributed by atoms with van der Waals surface area (Å²) in [5, 5.41) is 0. The lowest BCUT2D eigenvalue weighted by Gasteiger charge is -2.19. The number of rotatable bonds is 5. The third-order valence-corrected chi connectivity index (χ3v) is 3.66. The van der Waals surface area contributed by atoms with Gasteiger partial charge < -0.3 is 14.6 Å². The highest BCUT2D eigenvalue weighted by Crippen LogP contribution is 2.18. The molecule has 5 heteroatoms. The standard InChI is InChI=1S/C14H23N3O2/c1-10(2)14-15-12(18)9-13(16-14)19-8-6-11-5-4-7-17(11)3/h9-11H,4-8H2,1-3H3,(H,15,16,18). The molecule has 2 rings (SSSR count). The third-order valence-electron chi connectivity index (χ3n) is 3.66. The van der Waals surface area contributed by atoms with Gasteiger partial charge in [-0.15, -0.1) is 0 Å². The molecule has 1 unspecified atom stereocenters. The van der Waals surface area contributed by atoms with Gasteiger partial charge in [0, 0.05) is 12.0 Å². The van der Waals surface area contributed by atoms with Gasteiger partial charge in [0.1, 0.15) is 5.82 Å². The molecular weight excluding hydrogens is 242 g/mol. The van der Waals surface area contributed by atoms with E-state index < -0.39 is 0 Å². The van der Waals surface area contributed by atoms with E-state index in [2.05, 4.69) is 21.9 Å². The number of nitrogens with zero attached hydrogens (tertiary/aromatic N) is 2. The lowest BCUT2D eigenvalue weighted by Crippen LogP contribution is -2.26. The zero-order valence-corrected chi connectivity index (χ0v) is 12.0. The van der Waals surface area contributed by atoms with Gasteiger partial charge in [-0.2, -0.15) is 4.98 Å². The molecule has 1 aromatic heterocycles. The van der Waals surface area contributed by atoms with Gasteiger partial charge in [0.25, 0.3) is 5.56 Å². The first kappa shape index (κ1) is 14.1. The van der Waals surface area contributed by atoms with Crippen molar-refractivity contribution in [1.29, 1.82) is 0 Å². The molecule has 0 spiro atoms. The van der Waals surface area contributed by atoms with E-state index in [1.165, 1.54) is 25.5 Å². The summed E-state index contributed by atoms with van der Waals surface area (Å²) in [5.74, 6) is 1.31. The van der Waals surface area contributed by atoms with E-state index in [0.29, 0.717) is 24.4 Å². The highest BCUT2D eigenvalue weighted by Gasteiger charge is 2.20. The minimum Gasteiger partial charge on any atom is -0.477 e. The molecule has 1 aromatic rings. The molecule has 1 aliphatic rings. The number of likely N-dealkylation sites (tertiary alicyclic amines) is 1. The molecule has 1 N–H and O–H groups in total. The van der Waals surface area contributed by atoms with E-state index >= 15 is 0 Å². The molecule has 0 amide bonds. The average Bonchev–Trinajstić information content (AvgIpc) is 2.74. The lowest BCUT2D eigenvalue weighted by atomic mass is 10.1.